The topological polar surface area (TPSA) is 48.0 Å². The molecule has 7 heteroatoms. The third-order valence-corrected chi connectivity index (χ3v) is 8.67. The molecule has 2 aliphatic heterocycles. The molecule has 172 valence electrons. The lowest BCUT2D eigenvalue weighted by molar-refractivity contribution is -0.135. The first-order valence-corrected chi connectivity index (χ1v) is 13.3. The molecule has 4 rings (SSSR count). The summed E-state index contributed by atoms with van der Waals surface area (Å²) in [4.78, 5) is 14.9. The molecule has 0 bridgehead atoms. The fourth-order valence-corrected chi connectivity index (χ4v) is 6.81. The number of rotatable bonds is 9. The summed E-state index contributed by atoms with van der Waals surface area (Å²) in [6, 6.07) is 16.0. The van der Waals surface area contributed by atoms with Crippen LogP contribution in [0.4, 0.5) is 0 Å². The SMILES string of the molecule is COc1cccc(CN(CC2CCCO2)C(=O)COc2ccc(C3SCCCS3)cc2)c1. The molecule has 2 saturated heterocycles. The van der Waals surface area contributed by atoms with Crippen molar-refractivity contribution in [1.82, 2.24) is 4.90 Å². The Hall–Kier alpha value is -1.83. The standard InChI is InChI=1S/C25H31NO4S2/c1-28-22-6-2-5-19(15-22)16-26(17-23-7-3-12-29-23)24(27)18-30-21-10-8-20(9-11-21)25-31-13-4-14-32-25/h2,5-6,8-11,15,23,25H,3-4,7,12-14,16-18H2,1H3. The zero-order chi connectivity index (χ0) is 22.2. The van der Waals surface area contributed by atoms with Gasteiger partial charge < -0.3 is 19.1 Å². The zero-order valence-corrected chi connectivity index (χ0v) is 20.2. The van der Waals surface area contributed by atoms with Crippen molar-refractivity contribution < 1.29 is 19.0 Å². The summed E-state index contributed by atoms with van der Waals surface area (Å²) in [5, 5.41) is 0. The highest BCUT2D eigenvalue weighted by molar-refractivity contribution is 8.16. The van der Waals surface area contributed by atoms with Crippen molar-refractivity contribution in [2.75, 3.05) is 38.4 Å². The highest BCUT2D eigenvalue weighted by atomic mass is 32.2. The van der Waals surface area contributed by atoms with Crippen LogP contribution in [0.25, 0.3) is 0 Å². The quantitative estimate of drug-likeness (QED) is 0.502. The monoisotopic (exact) mass is 473 g/mol. The molecular formula is C25H31NO4S2. The van der Waals surface area contributed by atoms with Crippen LogP contribution >= 0.6 is 23.5 Å². The summed E-state index contributed by atoms with van der Waals surface area (Å²) < 4.78 is 17.5. The smallest absolute Gasteiger partial charge is 0.260 e. The van der Waals surface area contributed by atoms with Crippen molar-refractivity contribution in [2.45, 2.75) is 36.5 Å². The van der Waals surface area contributed by atoms with Crippen LogP contribution in [0.2, 0.25) is 0 Å². The molecule has 0 saturated carbocycles. The fraction of sp³-hybridized carbons (Fsp3) is 0.480. The summed E-state index contributed by atoms with van der Waals surface area (Å²) >= 11 is 4.01. The van der Waals surface area contributed by atoms with Crippen LogP contribution in [0, 0.1) is 0 Å². The van der Waals surface area contributed by atoms with E-state index < -0.39 is 0 Å². The van der Waals surface area contributed by atoms with Gasteiger partial charge in [-0.3, -0.25) is 4.79 Å². The highest BCUT2D eigenvalue weighted by Gasteiger charge is 2.23. The van der Waals surface area contributed by atoms with E-state index in [-0.39, 0.29) is 18.6 Å². The normalized spacial score (nSPS) is 19.0. The molecule has 32 heavy (non-hydrogen) atoms. The molecule has 0 aliphatic carbocycles. The summed E-state index contributed by atoms with van der Waals surface area (Å²) in [5.41, 5.74) is 2.35. The average Bonchev–Trinajstić information content (AvgIpc) is 3.36. The van der Waals surface area contributed by atoms with Gasteiger partial charge in [-0.2, -0.15) is 0 Å². The van der Waals surface area contributed by atoms with Crippen molar-refractivity contribution in [2.24, 2.45) is 0 Å². The number of carbonyl (C=O) groups is 1. The number of ether oxygens (including phenoxy) is 3. The second-order valence-electron chi connectivity index (χ2n) is 8.05. The molecule has 0 radical (unpaired) electrons. The number of carbonyl (C=O) groups excluding carboxylic acids is 1. The van der Waals surface area contributed by atoms with Crippen molar-refractivity contribution >= 4 is 29.4 Å². The maximum absolute atomic E-state index is 13.1. The van der Waals surface area contributed by atoms with E-state index in [9.17, 15) is 4.79 Å². The number of hydrogen-bond donors (Lipinski definition) is 0. The Balaban J connectivity index is 1.36. The van der Waals surface area contributed by atoms with E-state index in [1.54, 1.807) is 7.11 Å². The molecule has 2 fully saturated rings. The minimum absolute atomic E-state index is 0.0168. The summed E-state index contributed by atoms with van der Waals surface area (Å²) in [6.07, 6.45) is 3.41. The van der Waals surface area contributed by atoms with Crippen molar-refractivity contribution in [1.29, 1.82) is 0 Å². The molecule has 0 N–H and O–H groups in total. The molecular weight excluding hydrogens is 442 g/mol. The number of thioether (sulfide) groups is 2. The molecule has 2 aromatic rings. The molecule has 1 unspecified atom stereocenters. The number of benzene rings is 2. The highest BCUT2D eigenvalue weighted by Crippen LogP contribution is 2.43. The molecule has 2 heterocycles. The van der Waals surface area contributed by atoms with Crippen LogP contribution < -0.4 is 9.47 Å². The number of methoxy groups -OCH3 is 1. The Morgan fingerprint density at radius 1 is 1.09 bits per heavy atom. The van der Waals surface area contributed by atoms with E-state index >= 15 is 0 Å². The van der Waals surface area contributed by atoms with Gasteiger partial charge in [-0.15, -0.1) is 23.5 Å². The van der Waals surface area contributed by atoms with Crippen LogP contribution in [0.3, 0.4) is 0 Å². The van der Waals surface area contributed by atoms with Gasteiger partial charge in [0.2, 0.25) is 0 Å². The zero-order valence-electron chi connectivity index (χ0n) is 18.5. The van der Waals surface area contributed by atoms with Crippen LogP contribution in [0.15, 0.2) is 48.5 Å². The third-order valence-electron chi connectivity index (χ3n) is 5.65. The first kappa shape index (κ1) is 23.3. The summed E-state index contributed by atoms with van der Waals surface area (Å²) in [6.45, 7) is 1.87. The minimum Gasteiger partial charge on any atom is -0.497 e. The van der Waals surface area contributed by atoms with Gasteiger partial charge in [-0.05, 0) is 66.2 Å². The van der Waals surface area contributed by atoms with Crippen LogP contribution in [0.1, 0.15) is 35.0 Å². The average molecular weight is 474 g/mol. The number of nitrogens with zero attached hydrogens (tertiary/aromatic N) is 1. The van der Waals surface area contributed by atoms with Gasteiger partial charge in [0.1, 0.15) is 11.5 Å². The Morgan fingerprint density at radius 2 is 1.91 bits per heavy atom. The van der Waals surface area contributed by atoms with Gasteiger partial charge in [0.25, 0.3) is 5.91 Å². The third kappa shape index (κ3) is 6.59. The fourth-order valence-electron chi connectivity index (χ4n) is 3.92. The lowest BCUT2D eigenvalue weighted by Gasteiger charge is -2.26. The van der Waals surface area contributed by atoms with Crippen molar-refractivity contribution in [3.63, 3.8) is 0 Å². The molecule has 2 aromatic carbocycles. The molecule has 1 atom stereocenters. The van der Waals surface area contributed by atoms with Crippen LogP contribution in [-0.2, 0) is 16.1 Å². The van der Waals surface area contributed by atoms with Crippen LogP contribution in [0.5, 0.6) is 11.5 Å². The van der Waals surface area contributed by atoms with Crippen molar-refractivity contribution in [3.05, 3.63) is 59.7 Å². The van der Waals surface area contributed by atoms with Gasteiger partial charge in [0.15, 0.2) is 6.61 Å². The summed E-state index contributed by atoms with van der Waals surface area (Å²) in [5.74, 6) is 3.92. The van der Waals surface area contributed by atoms with Crippen molar-refractivity contribution in [3.8, 4) is 11.5 Å². The van der Waals surface area contributed by atoms with E-state index in [0.717, 1.165) is 36.5 Å². The van der Waals surface area contributed by atoms with E-state index in [1.165, 1.54) is 23.5 Å². The Labute approximate surface area is 199 Å². The molecule has 0 spiro atoms. The summed E-state index contributed by atoms with van der Waals surface area (Å²) in [7, 11) is 1.65. The largest absolute Gasteiger partial charge is 0.497 e. The van der Waals surface area contributed by atoms with E-state index in [4.69, 9.17) is 14.2 Å². The first-order valence-electron chi connectivity index (χ1n) is 11.2. The van der Waals surface area contributed by atoms with E-state index in [0.29, 0.717) is 17.7 Å². The predicted molar refractivity (Wildman–Crippen MR) is 132 cm³/mol. The Bertz CT molecular complexity index is 865. The van der Waals surface area contributed by atoms with Gasteiger partial charge >= 0.3 is 0 Å². The molecule has 2 aliphatic rings. The van der Waals surface area contributed by atoms with Crippen LogP contribution in [-0.4, -0.2) is 55.3 Å². The number of hydrogen-bond acceptors (Lipinski definition) is 6. The predicted octanol–water partition coefficient (Wildman–Crippen LogP) is 5.15. The lowest BCUT2D eigenvalue weighted by Crippen LogP contribution is -2.39. The minimum atomic E-state index is -0.0363. The van der Waals surface area contributed by atoms with E-state index in [1.807, 2.05) is 64.8 Å². The molecule has 5 nitrogen and oxygen atoms in total. The second kappa shape index (κ2) is 11.9. The van der Waals surface area contributed by atoms with Gasteiger partial charge in [-0.25, -0.2) is 0 Å². The van der Waals surface area contributed by atoms with Gasteiger partial charge in [0.05, 0.1) is 17.8 Å². The Kier molecular flexibility index (Phi) is 8.65. The first-order chi connectivity index (χ1) is 15.7. The molecule has 0 aromatic heterocycles. The maximum Gasteiger partial charge on any atom is 0.260 e. The second-order valence-corrected chi connectivity index (χ2v) is 10.8. The number of amides is 1. The molecule has 1 amide bonds. The lowest BCUT2D eigenvalue weighted by atomic mass is 10.1. The van der Waals surface area contributed by atoms with Gasteiger partial charge in [0, 0.05) is 19.7 Å². The van der Waals surface area contributed by atoms with Gasteiger partial charge in [-0.1, -0.05) is 24.3 Å². The van der Waals surface area contributed by atoms with E-state index in [2.05, 4.69) is 12.1 Å². The Morgan fingerprint density at radius 3 is 2.62 bits per heavy atom. The maximum atomic E-state index is 13.1.